The Morgan fingerprint density at radius 3 is 1.36 bits per heavy atom. The summed E-state index contributed by atoms with van der Waals surface area (Å²) in [6, 6.07) is 16.7. The first kappa shape index (κ1) is 25.9. The summed E-state index contributed by atoms with van der Waals surface area (Å²) in [6.07, 6.45) is 4.09. The number of rotatable bonds is 4. The Morgan fingerprint density at radius 1 is 0.564 bits per heavy atom. The van der Waals surface area contributed by atoms with E-state index >= 15 is 0 Å². The van der Waals surface area contributed by atoms with Gasteiger partial charge >= 0.3 is 0 Å². The molecule has 0 spiro atoms. The molecule has 39 heavy (non-hydrogen) atoms. The van der Waals surface area contributed by atoms with Gasteiger partial charge in [-0.15, -0.1) is 22.7 Å². The zero-order valence-electron chi connectivity index (χ0n) is 23.8. The van der Waals surface area contributed by atoms with Gasteiger partial charge in [-0.1, -0.05) is 53.7 Å². The normalized spacial score (nSPS) is 13.1. The molecule has 8 heteroatoms. The molecule has 0 bridgehead atoms. The highest BCUT2D eigenvalue weighted by atomic mass is 32.1. The van der Waals surface area contributed by atoms with E-state index in [1.807, 2.05) is 21.8 Å². The molecule has 0 fully saturated rings. The van der Waals surface area contributed by atoms with Crippen LogP contribution in [0, 0.1) is 0 Å². The van der Waals surface area contributed by atoms with Crippen LogP contribution in [-0.4, -0.2) is 29.5 Å². The van der Waals surface area contributed by atoms with E-state index in [0.29, 0.717) is 0 Å². The van der Waals surface area contributed by atoms with Crippen molar-refractivity contribution in [1.29, 1.82) is 0 Å². The molecule has 0 amide bonds. The molecule has 200 valence electrons. The van der Waals surface area contributed by atoms with Crippen molar-refractivity contribution in [2.24, 2.45) is 0 Å². The highest BCUT2D eigenvalue weighted by Crippen LogP contribution is 2.37. The monoisotopic (exact) mass is 554 g/mol. The summed E-state index contributed by atoms with van der Waals surface area (Å²) < 4.78 is 6.28. The van der Waals surface area contributed by atoms with Crippen LogP contribution in [0.15, 0.2) is 60.9 Å². The van der Waals surface area contributed by atoms with Crippen LogP contribution >= 0.6 is 22.7 Å². The zero-order valence-corrected chi connectivity index (χ0v) is 25.4. The molecule has 6 aromatic rings. The Labute approximate surface area is 237 Å². The molecule has 0 aliphatic carbocycles. The maximum Gasteiger partial charge on any atom is 0.0992 e. The van der Waals surface area contributed by atoms with Crippen LogP contribution in [0.4, 0.5) is 0 Å². The average Bonchev–Trinajstić information content (AvgIpc) is 3.66. The first-order valence-corrected chi connectivity index (χ1v) is 14.9. The smallest absolute Gasteiger partial charge is 0.0992 e. The first-order valence-electron chi connectivity index (χ1n) is 13.3. The van der Waals surface area contributed by atoms with Crippen LogP contribution in [-0.2, 0) is 16.2 Å². The van der Waals surface area contributed by atoms with Crippen molar-refractivity contribution in [3.8, 4) is 11.4 Å². The molecule has 0 N–H and O–H groups in total. The molecule has 2 aromatic carbocycles. The second kappa shape index (κ2) is 8.83. The van der Waals surface area contributed by atoms with Crippen molar-refractivity contribution in [2.45, 2.75) is 71.6 Å². The molecule has 6 rings (SSSR count). The second-order valence-electron chi connectivity index (χ2n) is 12.7. The lowest BCUT2D eigenvalue weighted by Crippen LogP contribution is -2.21. The number of nitrogens with zero attached hydrogens (tertiary/aromatic N) is 6. The molecular weight excluding hydrogens is 521 g/mol. The lowest BCUT2D eigenvalue weighted by molar-refractivity contribution is 0.577. The fourth-order valence-electron chi connectivity index (χ4n) is 4.59. The van der Waals surface area contributed by atoms with Crippen molar-refractivity contribution >= 4 is 43.1 Å². The van der Waals surface area contributed by atoms with E-state index in [-0.39, 0.29) is 16.2 Å². The Kier molecular flexibility index (Phi) is 5.86. The number of aromatic nitrogens is 6. The molecule has 4 aromatic heterocycles. The maximum absolute atomic E-state index is 5.05. The van der Waals surface area contributed by atoms with E-state index in [1.165, 1.54) is 0 Å². The van der Waals surface area contributed by atoms with Crippen molar-refractivity contribution in [1.82, 2.24) is 29.5 Å². The fraction of sp³-hybridized carbons (Fsp3) is 0.355. The van der Waals surface area contributed by atoms with E-state index in [1.54, 1.807) is 22.7 Å². The van der Waals surface area contributed by atoms with E-state index in [2.05, 4.69) is 104 Å². The van der Waals surface area contributed by atoms with Crippen LogP contribution in [0.25, 0.3) is 31.8 Å². The van der Waals surface area contributed by atoms with Gasteiger partial charge < -0.3 is 0 Å². The predicted molar refractivity (Wildman–Crippen MR) is 163 cm³/mol. The maximum atomic E-state index is 5.05. The van der Waals surface area contributed by atoms with Gasteiger partial charge in [-0.2, -0.15) is 10.2 Å². The Morgan fingerprint density at radius 2 is 0.974 bits per heavy atom. The first-order chi connectivity index (χ1) is 18.3. The van der Waals surface area contributed by atoms with Crippen LogP contribution < -0.4 is 0 Å². The SMILES string of the molecule is CC(C)(C)c1nc2cccc(-n3ccc(C(C)(C)c4ccn(-c5cccc6nc(C(C)(C)C)sc56)n4)n3)c2s1. The molecule has 4 heterocycles. The third-order valence-electron chi connectivity index (χ3n) is 7.02. The number of hydrogen-bond donors (Lipinski definition) is 0. The van der Waals surface area contributed by atoms with Crippen molar-refractivity contribution < 1.29 is 0 Å². The average molecular weight is 555 g/mol. The third kappa shape index (κ3) is 4.49. The van der Waals surface area contributed by atoms with Gasteiger partial charge in [0.25, 0.3) is 0 Å². The highest BCUT2D eigenvalue weighted by Gasteiger charge is 2.30. The van der Waals surface area contributed by atoms with E-state index < -0.39 is 0 Å². The molecule has 0 aliphatic rings. The number of thiazole rings is 2. The molecular formula is C31H34N6S2. The molecule has 0 saturated carbocycles. The fourth-order valence-corrected chi connectivity index (χ4v) is 6.84. The lowest BCUT2D eigenvalue weighted by Gasteiger charge is -2.19. The Hall–Kier alpha value is -3.36. The van der Waals surface area contributed by atoms with Crippen LogP contribution in [0.3, 0.4) is 0 Å². The van der Waals surface area contributed by atoms with Gasteiger partial charge in [0.05, 0.1) is 58.6 Å². The van der Waals surface area contributed by atoms with E-state index in [9.17, 15) is 0 Å². The van der Waals surface area contributed by atoms with Gasteiger partial charge in [-0.3, -0.25) is 0 Å². The van der Waals surface area contributed by atoms with Crippen LogP contribution in [0.1, 0.15) is 76.8 Å². The third-order valence-corrected chi connectivity index (χ3v) is 10.1. The zero-order chi connectivity index (χ0) is 27.7. The number of fused-ring (bicyclic) bond motifs is 2. The molecule has 6 nitrogen and oxygen atoms in total. The quantitative estimate of drug-likeness (QED) is 0.220. The summed E-state index contributed by atoms with van der Waals surface area (Å²) in [5.74, 6) is 0. The Balaban J connectivity index is 1.35. The molecule has 0 radical (unpaired) electrons. The van der Waals surface area contributed by atoms with Crippen LogP contribution in [0.2, 0.25) is 0 Å². The summed E-state index contributed by atoms with van der Waals surface area (Å²) in [6.45, 7) is 17.6. The van der Waals surface area contributed by atoms with Gasteiger partial charge in [0, 0.05) is 23.2 Å². The summed E-state index contributed by atoms with van der Waals surface area (Å²) >= 11 is 3.50. The summed E-state index contributed by atoms with van der Waals surface area (Å²) in [4.78, 5) is 9.80. The largest absolute Gasteiger partial charge is 0.241 e. The van der Waals surface area contributed by atoms with Gasteiger partial charge in [0.1, 0.15) is 0 Å². The molecule has 0 saturated heterocycles. The van der Waals surface area contributed by atoms with Crippen molar-refractivity contribution in [3.05, 3.63) is 82.3 Å². The predicted octanol–water partition coefficient (Wildman–Crippen LogP) is 8.20. The lowest BCUT2D eigenvalue weighted by atomic mass is 9.86. The summed E-state index contributed by atoms with van der Waals surface area (Å²) in [5, 5.41) is 12.4. The standard InChI is InChI=1S/C31H34N6S2/c1-29(2,3)27-32-19-11-9-13-21(25(19)38-27)36-17-15-23(34-36)31(7,8)24-16-18-37(35-24)22-14-10-12-20-26(22)39-28(33-20)30(4,5)6/h9-18H,1-8H3. The van der Waals surface area contributed by atoms with Gasteiger partial charge in [-0.05, 0) is 50.2 Å². The molecule has 0 atom stereocenters. The molecule has 0 unspecified atom stereocenters. The van der Waals surface area contributed by atoms with Crippen molar-refractivity contribution in [3.63, 3.8) is 0 Å². The van der Waals surface area contributed by atoms with Gasteiger partial charge in [0.15, 0.2) is 0 Å². The van der Waals surface area contributed by atoms with Gasteiger partial charge in [-0.25, -0.2) is 19.3 Å². The highest BCUT2D eigenvalue weighted by molar-refractivity contribution is 7.19. The Bertz CT molecular complexity index is 1680. The molecule has 0 aliphatic heterocycles. The number of benzene rings is 2. The van der Waals surface area contributed by atoms with Crippen molar-refractivity contribution in [2.75, 3.05) is 0 Å². The summed E-state index contributed by atoms with van der Waals surface area (Å²) in [5.41, 5.74) is 5.72. The van der Waals surface area contributed by atoms with E-state index in [0.717, 1.165) is 53.2 Å². The minimum atomic E-state index is -0.382. The number of hydrogen-bond acceptors (Lipinski definition) is 6. The minimum absolute atomic E-state index is 0.00880. The van der Waals surface area contributed by atoms with Crippen LogP contribution in [0.5, 0.6) is 0 Å². The topological polar surface area (TPSA) is 61.4 Å². The second-order valence-corrected chi connectivity index (χ2v) is 14.7. The van der Waals surface area contributed by atoms with E-state index in [4.69, 9.17) is 20.2 Å². The summed E-state index contributed by atoms with van der Waals surface area (Å²) in [7, 11) is 0. The minimum Gasteiger partial charge on any atom is -0.241 e. The van der Waals surface area contributed by atoms with Gasteiger partial charge in [0.2, 0.25) is 0 Å².